The lowest BCUT2D eigenvalue weighted by molar-refractivity contribution is 0.102. The Bertz CT molecular complexity index is 1040. The van der Waals surface area contributed by atoms with Crippen molar-refractivity contribution in [2.45, 2.75) is 32.2 Å². The zero-order valence-corrected chi connectivity index (χ0v) is 20.3. The minimum Gasteiger partial charge on any atom is -0.322 e. The second-order valence-electron chi connectivity index (χ2n) is 8.30. The fraction of sp³-hybridized carbons (Fsp3) is 0.458. The summed E-state index contributed by atoms with van der Waals surface area (Å²) in [6.45, 7) is 11.2. The molecule has 8 heteroatoms. The Kier molecular flexibility index (Phi) is 8.05. The van der Waals surface area contributed by atoms with Crippen LogP contribution in [0.1, 0.15) is 35.3 Å². The Morgan fingerprint density at radius 3 is 2.38 bits per heavy atom. The maximum Gasteiger partial charge on any atom is 0.255 e. The van der Waals surface area contributed by atoms with Crippen LogP contribution in [0.15, 0.2) is 47.4 Å². The SMILES string of the molecule is CCN(CC)S(=O)(=O)c1ccc(C)c(C(=O)Nc2cccc(CN3CCN(C)CC3)c2)c1. The number of nitrogens with one attached hydrogen (secondary N) is 1. The summed E-state index contributed by atoms with van der Waals surface area (Å²) in [5.41, 5.74) is 2.94. The van der Waals surface area contributed by atoms with Crippen LogP contribution in [0.25, 0.3) is 0 Å². The Morgan fingerprint density at radius 1 is 1.03 bits per heavy atom. The average molecular weight is 459 g/mol. The van der Waals surface area contributed by atoms with Crippen molar-refractivity contribution in [3.8, 4) is 0 Å². The minimum atomic E-state index is -3.63. The van der Waals surface area contributed by atoms with Crippen LogP contribution in [0.4, 0.5) is 5.69 Å². The smallest absolute Gasteiger partial charge is 0.255 e. The molecule has 1 fully saturated rings. The zero-order valence-electron chi connectivity index (χ0n) is 19.5. The molecule has 7 nitrogen and oxygen atoms in total. The molecule has 0 aliphatic carbocycles. The molecule has 0 saturated carbocycles. The quantitative estimate of drug-likeness (QED) is 0.658. The molecule has 0 spiro atoms. The third-order valence-electron chi connectivity index (χ3n) is 5.98. The molecular formula is C24H34N4O3S. The van der Waals surface area contributed by atoms with E-state index in [1.807, 2.05) is 25.1 Å². The molecule has 32 heavy (non-hydrogen) atoms. The second kappa shape index (κ2) is 10.6. The number of benzene rings is 2. The maximum atomic E-state index is 13.0. The highest BCUT2D eigenvalue weighted by molar-refractivity contribution is 7.89. The number of anilines is 1. The van der Waals surface area contributed by atoms with Crippen LogP contribution in [-0.4, -0.2) is 74.7 Å². The van der Waals surface area contributed by atoms with Gasteiger partial charge < -0.3 is 10.2 Å². The van der Waals surface area contributed by atoms with Crippen molar-refractivity contribution in [3.05, 3.63) is 59.2 Å². The Labute approximate surface area is 192 Å². The number of hydrogen-bond donors (Lipinski definition) is 1. The van der Waals surface area contributed by atoms with Gasteiger partial charge in [-0.1, -0.05) is 32.0 Å². The van der Waals surface area contributed by atoms with Gasteiger partial charge in [-0.25, -0.2) is 8.42 Å². The molecule has 0 radical (unpaired) electrons. The largest absolute Gasteiger partial charge is 0.322 e. The predicted molar refractivity (Wildman–Crippen MR) is 128 cm³/mol. The average Bonchev–Trinajstić information content (AvgIpc) is 2.76. The number of rotatable bonds is 8. The highest BCUT2D eigenvalue weighted by Crippen LogP contribution is 2.21. The van der Waals surface area contributed by atoms with Gasteiger partial charge in [0.2, 0.25) is 10.0 Å². The monoisotopic (exact) mass is 458 g/mol. The number of sulfonamides is 1. The molecule has 1 aliphatic rings. The topological polar surface area (TPSA) is 73.0 Å². The van der Waals surface area contributed by atoms with E-state index in [1.165, 1.54) is 10.4 Å². The Hall–Kier alpha value is -2.26. The van der Waals surface area contributed by atoms with E-state index in [1.54, 1.807) is 26.0 Å². The second-order valence-corrected chi connectivity index (χ2v) is 10.2. The van der Waals surface area contributed by atoms with Crippen LogP contribution in [0.3, 0.4) is 0 Å². The molecule has 0 aromatic heterocycles. The van der Waals surface area contributed by atoms with Crippen molar-refractivity contribution >= 4 is 21.6 Å². The third-order valence-corrected chi connectivity index (χ3v) is 8.03. The fourth-order valence-electron chi connectivity index (χ4n) is 3.93. The summed E-state index contributed by atoms with van der Waals surface area (Å²) in [6, 6.07) is 12.6. The minimum absolute atomic E-state index is 0.140. The standard InChI is InChI=1S/C24H34N4O3S/c1-5-28(6-2)32(30,31)22-11-10-19(3)23(17-22)24(29)25-21-9-7-8-20(16-21)18-27-14-12-26(4)13-15-27/h7-11,16-17H,5-6,12-15,18H2,1-4H3,(H,25,29). The molecule has 1 aliphatic heterocycles. The molecule has 2 aromatic carbocycles. The first-order valence-corrected chi connectivity index (χ1v) is 12.6. The van der Waals surface area contributed by atoms with E-state index >= 15 is 0 Å². The van der Waals surface area contributed by atoms with Crippen LogP contribution in [0, 0.1) is 6.92 Å². The van der Waals surface area contributed by atoms with Gasteiger partial charge in [-0.15, -0.1) is 0 Å². The maximum absolute atomic E-state index is 13.0. The molecule has 0 bridgehead atoms. The van der Waals surface area contributed by atoms with Crippen molar-refractivity contribution in [3.63, 3.8) is 0 Å². The van der Waals surface area contributed by atoms with Crippen molar-refractivity contribution in [2.24, 2.45) is 0 Å². The predicted octanol–water partition coefficient (Wildman–Crippen LogP) is 3.03. The Morgan fingerprint density at radius 2 is 1.72 bits per heavy atom. The summed E-state index contributed by atoms with van der Waals surface area (Å²) in [6.07, 6.45) is 0. The fourth-order valence-corrected chi connectivity index (χ4v) is 5.41. The highest BCUT2D eigenvalue weighted by Gasteiger charge is 2.23. The van der Waals surface area contributed by atoms with E-state index in [0.29, 0.717) is 24.3 Å². The molecule has 1 heterocycles. The third kappa shape index (κ3) is 5.75. The number of likely N-dealkylation sites (N-methyl/N-ethyl adjacent to an activating group) is 1. The first-order chi connectivity index (χ1) is 15.2. The van der Waals surface area contributed by atoms with Crippen LogP contribution < -0.4 is 5.32 Å². The van der Waals surface area contributed by atoms with Crippen LogP contribution in [0.5, 0.6) is 0 Å². The molecule has 0 atom stereocenters. The lowest BCUT2D eigenvalue weighted by Gasteiger charge is -2.32. The molecule has 1 amide bonds. The number of hydrogen-bond acceptors (Lipinski definition) is 5. The number of piperazine rings is 1. The van der Waals surface area contributed by atoms with Gasteiger partial charge >= 0.3 is 0 Å². The molecular weight excluding hydrogens is 424 g/mol. The number of amides is 1. The van der Waals surface area contributed by atoms with Crippen molar-refractivity contribution in [1.82, 2.24) is 14.1 Å². The lowest BCUT2D eigenvalue weighted by atomic mass is 10.1. The van der Waals surface area contributed by atoms with E-state index in [0.717, 1.165) is 43.9 Å². The van der Waals surface area contributed by atoms with Crippen LogP contribution in [-0.2, 0) is 16.6 Å². The molecule has 2 aromatic rings. The van der Waals surface area contributed by atoms with E-state index < -0.39 is 10.0 Å². The summed E-state index contributed by atoms with van der Waals surface area (Å²) in [7, 11) is -1.49. The van der Waals surface area contributed by atoms with Gasteiger partial charge in [-0.3, -0.25) is 9.69 Å². The molecule has 1 N–H and O–H groups in total. The number of aryl methyl sites for hydroxylation is 1. The number of carbonyl (C=O) groups excluding carboxylic acids is 1. The van der Waals surface area contributed by atoms with Gasteiger partial charge in [0.1, 0.15) is 0 Å². The molecule has 174 valence electrons. The summed E-state index contributed by atoms with van der Waals surface area (Å²) in [4.78, 5) is 17.9. The molecule has 3 rings (SSSR count). The van der Waals surface area contributed by atoms with Gasteiger partial charge in [0, 0.05) is 57.1 Å². The first-order valence-electron chi connectivity index (χ1n) is 11.2. The first kappa shape index (κ1) is 24.4. The van der Waals surface area contributed by atoms with E-state index in [4.69, 9.17) is 0 Å². The van der Waals surface area contributed by atoms with Gasteiger partial charge in [0.15, 0.2) is 0 Å². The summed E-state index contributed by atoms with van der Waals surface area (Å²) in [5.74, 6) is -0.309. The highest BCUT2D eigenvalue weighted by atomic mass is 32.2. The Balaban J connectivity index is 1.76. The van der Waals surface area contributed by atoms with Gasteiger partial charge in [0.05, 0.1) is 4.90 Å². The zero-order chi connectivity index (χ0) is 23.3. The van der Waals surface area contributed by atoms with E-state index in [9.17, 15) is 13.2 Å². The summed E-state index contributed by atoms with van der Waals surface area (Å²) in [5, 5.41) is 2.95. The van der Waals surface area contributed by atoms with Crippen molar-refractivity contribution in [2.75, 3.05) is 51.6 Å². The van der Waals surface area contributed by atoms with Gasteiger partial charge in [-0.2, -0.15) is 4.31 Å². The number of nitrogens with zero attached hydrogens (tertiary/aromatic N) is 3. The van der Waals surface area contributed by atoms with Gasteiger partial charge in [-0.05, 0) is 49.4 Å². The van der Waals surface area contributed by atoms with Crippen LogP contribution in [0.2, 0.25) is 0 Å². The molecule has 0 unspecified atom stereocenters. The van der Waals surface area contributed by atoms with Crippen molar-refractivity contribution < 1.29 is 13.2 Å². The normalized spacial score (nSPS) is 15.8. The summed E-state index contributed by atoms with van der Waals surface area (Å²) < 4.78 is 27.1. The molecule has 1 saturated heterocycles. The van der Waals surface area contributed by atoms with E-state index in [-0.39, 0.29) is 10.8 Å². The van der Waals surface area contributed by atoms with E-state index in [2.05, 4.69) is 28.2 Å². The lowest BCUT2D eigenvalue weighted by Crippen LogP contribution is -2.43. The number of carbonyl (C=O) groups is 1. The van der Waals surface area contributed by atoms with Crippen LogP contribution >= 0.6 is 0 Å². The van der Waals surface area contributed by atoms with Crippen molar-refractivity contribution in [1.29, 1.82) is 0 Å². The van der Waals surface area contributed by atoms with Gasteiger partial charge in [0.25, 0.3) is 5.91 Å². The summed E-state index contributed by atoms with van der Waals surface area (Å²) >= 11 is 0.